The number of hydrogen-bond acceptors (Lipinski definition) is 5. The van der Waals surface area contributed by atoms with Gasteiger partial charge in [-0.25, -0.2) is 9.97 Å². The normalized spacial score (nSPS) is 15.7. The molecule has 2 heterocycles. The number of rotatable bonds is 6. The van der Waals surface area contributed by atoms with E-state index in [1.807, 2.05) is 14.1 Å². The Bertz CT molecular complexity index is 452. The molecule has 1 fully saturated rings. The summed E-state index contributed by atoms with van der Waals surface area (Å²) in [6, 6.07) is 0. The zero-order chi connectivity index (χ0) is 15.8. The van der Waals surface area contributed by atoms with E-state index < -0.39 is 0 Å². The Morgan fingerprint density at radius 1 is 1.18 bits per heavy atom. The molecule has 0 atom stereocenters. The van der Waals surface area contributed by atoms with Crippen molar-refractivity contribution in [2.24, 2.45) is 0 Å². The highest BCUT2D eigenvalue weighted by molar-refractivity contribution is 5.93. The van der Waals surface area contributed by atoms with Crippen molar-refractivity contribution in [2.75, 3.05) is 45.2 Å². The number of hydrogen-bond donors (Lipinski definition) is 1. The second-order valence-electron chi connectivity index (χ2n) is 6.09. The summed E-state index contributed by atoms with van der Waals surface area (Å²) >= 11 is 0. The molecule has 0 unspecified atom stereocenters. The van der Waals surface area contributed by atoms with Gasteiger partial charge in [-0.1, -0.05) is 12.8 Å². The molecular formula is C16H27N5O. The van der Waals surface area contributed by atoms with Gasteiger partial charge >= 0.3 is 0 Å². The summed E-state index contributed by atoms with van der Waals surface area (Å²) in [5, 5.41) is 2.90. The highest BCUT2D eigenvalue weighted by atomic mass is 16.1. The van der Waals surface area contributed by atoms with Crippen LogP contribution in [0.3, 0.4) is 0 Å². The predicted molar refractivity (Wildman–Crippen MR) is 88.2 cm³/mol. The number of amides is 1. The Morgan fingerprint density at radius 2 is 1.82 bits per heavy atom. The maximum absolute atomic E-state index is 12.0. The average Bonchev–Trinajstić information content (AvgIpc) is 2.80. The molecule has 0 bridgehead atoms. The van der Waals surface area contributed by atoms with Crippen LogP contribution in [0.25, 0.3) is 0 Å². The van der Waals surface area contributed by atoms with Gasteiger partial charge in [-0.2, -0.15) is 0 Å². The average molecular weight is 305 g/mol. The van der Waals surface area contributed by atoms with Crippen LogP contribution in [-0.2, 0) is 0 Å². The third-order valence-corrected chi connectivity index (χ3v) is 3.86. The number of aromatic nitrogens is 2. The van der Waals surface area contributed by atoms with Crippen LogP contribution in [0.5, 0.6) is 0 Å². The monoisotopic (exact) mass is 305 g/mol. The van der Waals surface area contributed by atoms with E-state index in [2.05, 4.69) is 25.1 Å². The highest BCUT2D eigenvalue weighted by Crippen LogP contribution is 2.15. The van der Waals surface area contributed by atoms with Gasteiger partial charge in [0.2, 0.25) is 5.95 Å². The zero-order valence-corrected chi connectivity index (χ0v) is 13.7. The molecule has 6 heteroatoms. The number of nitrogens with zero attached hydrogens (tertiary/aromatic N) is 4. The van der Waals surface area contributed by atoms with Gasteiger partial charge in [-0.05, 0) is 39.9 Å². The van der Waals surface area contributed by atoms with Gasteiger partial charge in [0.15, 0.2) is 0 Å². The molecule has 122 valence electrons. The molecule has 2 rings (SSSR count). The smallest absolute Gasteiger partial charge is 0.254 e. The first-order chi connectivity index (χ1) is 10.7. The molecule has 1 aromatic heterocycles. The Hall–Kier alpha value is -1.69. The summed E-state index contributed by atoms with van der Waals surface area (Å²) in [5.74, 6) is 0.646. The van der Waals surface area contributed by atoms with Crippen molar-refractivity contribution in [3.63, 3.8) is 0 Å². The van der Waals surface area contributed by atoms with E-state index >= 15 is 0 Å². The van der Waals surface area contributed by atoms with E-state index in [0.29, 0.717) is 12.1 Å². The van der Waals surface area contributed by atoms with Gasteiger partial charge in [-0.3, -0.25) is 4.79 Å². The van der Waals surface area contributed by atoms with Crippen molar-refractivity contribution in [1.82, 2.24) is 20.2 Å². The quantitative estimate of drug-likeness (QED) is 0.808. The Morgan fingerprint density at radius 3 is 2.41 bits per heavy atom. The lowest BCUT2D eigenvalue weighted by Crippen LogP contribution is -2.28. The summed E-state index contributed by atoms with van der Waals surface area (Å²) in [5.41, 5.74) is 0.531. The number of carbonyl (C=O) groups excluding carboxylic acids is 1. The maximum Gasteiger partial charge on any atom is 0.254 e. The van der Waals surface area contributed by atoms with E-state index in [4.69, 9.17) is 0 Å². The summed E-state index contributed by atoms with van der Waals surface area (Å²) in [7, 11) is 4.05. The molecule has 0 radical (unpaired) electrons. The van der Waals surface area contributed by atoms with Gasteiger partial charge < -0.3 is 15.1 Å². The number of anilines is 1. The van der Waals surface area contributed by atoms with E-state index in [0.717, 1.165) is 32.0 Å². The number of carbonyl (C=O) groups is 1. The third-order valence-electron chi connectivity index (χ3n) is 3.86. The molecule has 0 aliphatic carbocycles. The van der Waals surface area contributed by atoms with E-state index in [9.17, 15) is 4.79 Å². The number of nitrogens with one attached hydrogen (secondary N) is 1. The van der Waals surface area contributed by atoms with Crippen molar-refractivity contribution < 1.29 is 4.79 Å². The van der Waals surface area contributed by atoms with E-state index in [1.165, 1.54) is 25.7 Å². The van der Waals surface area contributed by atoms with Crippen molar-refractivity contribution >= 4 is 11.9 Å². The minimum absolute atomic E-state index is 0.0961. The summed E-state index contributed by atoms with van der Waals surface area (Å²) in [6.07, 6.45) is 9.15. The van der Waals surface area contributed by atoms with Gasteiger partial charge in [0, 0.05) is 32.0 Å². The second kappa shape index (κ2) is 8.68. The summed E-state index contributed by atoms with van der Waals surface area (Å²) in [4.78, 5) is 25.1. The van der Waals surface area contributed by atoms with Gasteiger partial charge in [-0.15, -0.1) is 0 Å². The van der Waals surface area contributed by atoms with Gasteiger partial charge in [0.05, 0.1) is 5.56 Å². The van der Waals surface area contributed by atoms with Crippen LogP contribution >= 0.6 is 0 Å². The van der Waals surface area contributed by atoms with Gasteiger partial charge in [0.1, 0.15) is 0 Å². The van der Waals surface area contributed by atoms with Crippen LogP contribution < -0.4 is 10.2 Å². The Labute approximate surface area is 132 Å². The van der Waals surface area contributed by atoms with Crippen LogP contribution in [-0.4, -0.2) is 61.0 Å². The van der Waals surface area contributed by atoms with E-state index in [-0.39, 0.29) is 5.91 Å². The zero-order valence-electron chi connectivity index (χ0n) is 13.7. The second-order valence-corrected chi connectivity index (χ2v) is 6.09. The fraction of sp³-hybridized carbons (Fsp3) is 0.688. The summed E-state index contributed by atoms with van der Waals surface area (Å²) < 4.78 is 0. The molecule has 22 heavy (non-hydrogen) atoms. The first-order valence-corrected chi connectivity index (χ1v) is 8.17. The largest absolute Gasteiger partial charge is 0.352 e. The summed E-state index contributed by atoms with van der Waals surface area (Å²) in [6.45, 7) is 3.65. The Kier molecular flexibility index (Phi) is 6.58. The van der Waals surface area contributed by atoms with Crippen LogP contribution in [0.2, 0.25) is 0 Å². The fourth-order valence-electron chi connectivity index (χ4n) is 2.57. The van der Waals surface area contributed by atoms with Crippen LogP contribution in [0, 0.1) is 0 Å². The van der Waals surface area contributed by atoms with Crippen molar-refractivity contribution in [1.29, 1.82) is 0 Å². The predicted octanol–water partition coefficient (Wildman–Crippen LogP) is 1.54. The minimum Gasteiger partial charge on any atom is -0.352 e. The first-order valence-electron chi connectivity index (χ1n) is 8.17. The van der Waals surface area contributed by atoms with Crippen molar-refractivity contribution in [3.8, 4) is 0 Å². The molecule has 0 aromatic carbocycles. The van der Waals surface area contributed by atoms with Crippen molar-refractivity contribution in [3.05, 3.63) is 18.0 Å². The van der Waals surface area contributed by atoms with Crippen LogP contribution in [0.4, 0.5) is 5.95 Å². The van der Waals surface area contributed by atoms with Gasteiger partial charge in [0.25, 0.3) is 5.91 Å². The SMILES string of the molecule is CN(C)CCCNC(=O)c1cnc(N2CCCCCC2)nc1. The lowest BCUT2D eigenvalue weighted by atomic mass is 10.2. The third kappa shape index (κ3) is 5.26. The molecule has 1 aliphatic rings. The Balaban J connectivity index is 1.83. The molecule has 1 saturated heterocycles. The standard InChI is InChI=1S/C16H27N5O/c1-20(2)9-7-8-17-15(22)14-12-18-16(19-13-14)21-10-5-3-4-6-11-21/h12-13H,3-11H2,1-2H3,(H,17,22). The highest BCUT2D eigenvalue weighted by Gasteiger charge is 2.13. The van der Waals surface area contributed by atoms with E-state index in [1.54, 1.807) is 12.4 Å². The maximum atomic E-state index is 12.0. The lowest BCUT2D eigenvalue weighted by molar-refractivity contribution is 0.0951. The minimum atomic E-state index is -0.0961. The van der Waals surface area contributed by atoms with Crippen LogP contribution in [0.15, 0.2) is 12.4 Å². The molecule has 1 aliphatic heterocycles. The topological polar surface area (TPSA) is 61.4 Å². The molecule has 0 saturated carbocycles. The van der Waals surface area contributed by atoms with Crippen LogP contribution in [0.1, 0.15) is 42.5 Å². The molecule has 1 N–H and O–H groups in total. The lowest BCUT2D eigenvalue weighted by Gasteiger charge is -2.19. The fourth-order valence-corrected chi connectivity index (χ4v) is 2.57. The molecular weight excluding hydrogens is 278 g/mol. The molecule has 0 spiro atoms. The molecule has 6 nitrogen and oxygen atoms in total. The molecule has 1 amide bonds. The molecule has 1 aromatic rings. The first kappa shape index (κ1) is 16.7. The van der Waals surface area contributed by atoms with Crippen molar-refractivity contribution in [2.45, 2.75) is 32.1 Å².